The van der Waals surface area contributed by atoms with Gasteiger partial charge in [-0.1, -0.05) is 12.1 Å². The van der Waals surface area contributed by atoms with Gasteiger partial charge in [-0.15, -0.1) is 0 Å². The molecular formula is C12H17N3O3S. The molecule has 6 nitrogen and oxygen atoms in total. The van der Waals surface area contributed by atoms with Crippen LogP contribution in [0.1, 0.15) is 12.8 Å². The minimum Gasteiger partial charge on any atom is -0.382 e. The summed E-state index contributed by atoms with van der Waals surface area (Å²) in [6, 6.07) is 6.42. The van der Waals surface area contributed by atoms with Gasteiger partial charge >= 0.3 is 0 Å². The second-order valence-corrected chi connectivity index (χ2v) is 6.06. The summed E-state index contributed by atoms with van der Waals surface area (Å²) < 4.78 is 22.7. The van der Waals surface area contributed by atoms with E-state index < -0.39 is 10.0 Å². The Bertz CT molecular complexity index is 567. The van der Waals surface area contributed by atoms with Crippen LogP contribution in [0.4, 0.5) is 5.69 Å². The molecule has 0 spiro atoms. The molecular weight excluding hydrogens is 266 g/mol. The van der Waals surface area contributed by atoms with Crippen molar-refractivity contribution in [1.82, 2.24) is 5.32 Å². The summed E-state index contributed by atoms with van der Waals surface area (Å²) in [5.74, 6) is 0.248. The van der Waals surface area contributed by atoms with Crippen molar-refractivity contribution in [2.75, 3.05) is 18.4 Å². The second kappa shape index (κ2) is 5.58. The molecule has 104 valence electrons. The number of nitrogens with one attached hydrogen (secondary N) is 2. The molecule has 0 heterocycles. The zero-order chi connectivity index (χ0) is 13.9. The van der Waals surface area contributed by atoms with Crippen molar-refractivity contribution < 1.29 is 13.2 Å². The van der Waals surface area contributed by atoms with E-state index in [0.29, 0.717) is 18.8 Å². The van der Waals surface area contributed by atoms with Crippen molar-refractivity contribution >= 4 is 21.6 Å². The lowest BCUT2D eigenvalue weighted by molar-refractivity contribution is -0.122. The molecule has 2 rings (SSSR count). The summed E-state index contributed by atoms with van der Waals surface area (Å²) in [5, 5.41) is 10.9. The van der Waals surface area contributed by atoms with Crippen molar-refractivity contribution in [1.29, 1.82) is 0 Å². The van der Waals surface area contributed by atoms with Crippen LogP contribution in [-0.2, 0) is 14.8 Å². The predicted molar refractivity (Wildman–Crippen MR) is 72.0 cm³/mol. The highest BCUT2D eigenvalue weighted by Gasteiger charge is 2.28. The Labute approximate surface area is 112 Å². The summed E-state index contributed by atoms with van der Waals surface area (Å²) in [7, 11) is -3.74. The number of para-hydroxylation sites is 1. The molecule has 1 aromatic carbocycles. The lowest BCUT2D eigenvalue weighted by atomic mass is 10.3. The first kappa shape index (κ1) is 13.8. The average Bonchev–Trinajstić information content (AvgIpc) is 3.18. The van der Waals surface area contributed by atoms with Crippen LogP contribution in [0.25, 0.3) is 0 Å². The van der Waals surface area contributed by atoms with Crippen molar-refractivity contribution in [2.24, 2.45) is 11.1 Å². The Morgan fingerprint density at radius 3 is 2.58 bits per heavy atom. The largest absolute Gasteiger partial charge is 0.382 e. The van der Waals surface area contributed by atoms with Gasteiger partial charge in [0, 0.05) is 19.0 Å². The summed E-state index contributed by atoms with van der Waals surface area (Å²) >= 11 is 0. The summed E-state index contributed by atoms with van der Waals surface area (Å²) in [4.78, 5) is 11.4. The Kier molecular flexibility index (Phi) is 4.06. The molecule has 0 aliphatic heterocycles. The number of hydrogen-bond acceptors (Lipinski definition) is 4. The van der Waals surface area contributed by atoms with Gasteiger partial charge in [-0.05, 0) is 25.0 Å². The molecule has 1 fully saturated rings. The normalized spacial score (nSPS) is 15.0. The fraction of sp³-hybridized carbons (Fsp3) is 0.417. The molecule has 0 aromatic heterocycles. The maximum atomic E-state index is 11.4. The number of hydrogen-bond donors (Lipinski definition) is 3. The number of carbonyl (C=O) groups is 1. The van der Waals surface area contributed by atoms with Crippen LogP contribution in [0.3, 0.4) is 0 Å². The molecule has 0 saturated heterocycles. The number of carbonyl (C=O) groups excluding carboxylic acids is 1. The van der Waals surface area contributed by atoms with E-state index in [1.807, 2.05) is 0 Å². The van der Waals surface area contributed by atoms with Gasteiger partial charge in [0.1, 0.15) is 4.90 Å². The Balaban J connectivity index is 1.87. The van der Waals surface area contributed by atoms with E-state index in [9.17, 15) is 13.2 Å². The molecule has 4 N–H and O–H groups in total. The standard InChI is InChI=1S/C12H17N3O3S/c13-19(17,18)11-4-2-1-3-10(11)14-7-8-15-12(16)9-5-6-9/h1-4,9,14H,5-8H2,(H,15,16)(H2,13,17,18). The molecule has 7 heteroatoms. The van der Waals surface area contributed by atoms with Gasteiger partial charge in [0.2, 0.25) is 15.9 Å². The van der Waals surface area contributed by atoms with Crippen LogP contribution in [0.5, 0.6) is 0 Å². The summed E-state index contributed by atoms with van der Waals surface area (Å²) in [5.41, 5.74) is 0.450. The third kappa shape index (κ3) is 3.93. The first-order valence-corrected chi connectivity index (χ1v) is 7.66. The van der Waals surface area contributed by atoms with Gasteiger partial charge in [-0.3, -0.25) is 4.79 Å². The van der Waals surface area contributed by atoms with Crippen molar-refractivity contribution in [3.8, 4) is 0 Å². The SMILES string of the molecule is NS(=O)(=O)c1ccccc1NCCNC(=O)C1CC1. The third-order valence-electron chi connectivity index (χ3n) is 2.88. The zero-order valence-electron chi connectivity index (χ0n) is 10.4. The average molecular weight is 283 g/mol. The maximum Gasteiger partial charge on any atom is 0.240 e. The molecule has 0 bridgehead atoms. The van der Waals surface area contributed by atoms with Crippen LogP contribution in [0.15, 0.2) is 29.2 Å². The van der Waals surface area contributed by atoms with Crippen LogP contribution in [-0.4, -0.2) is 27.4 Å². The molecule has 1 amide bonds. The number of benzene rings is 1. The van der Waals surface area contributed by atoms with E-state index in [0.717, 1.165) is 12.8 Å². The lowest BCUT2D eigenvalue weighted by Crippen LogP contribution is -2.30. The van der Waals surface area contributed by atoms with Crippen molar-refractivity contribution in [3.05, 3.63) is 24.3 Å². The number of nitrogens with two attached hydrogens (primary N) is 1. The fourth-order valence-electron chi connectivity index (χ4n) is 1.73. The van der Waals surface area contributed by atoms with Gasteiger partial charge < -0.3 is 10.6 Å². The first-order valence-electron chi connectivity index (χ1n) is 6.12. The van der Waals surface area contributed by atoms with E-state index in [1.165, 1.54) is 6.07 Å². The molecule has 1 saturated carbocycles. The number of amides is 1. The molecule has 19 heavy (non-hydrogen) atoms. The molecule has 1 aliphatic rings. The highest BCUT2D eigenvalue weighted by Crippen LogP contribution is 2.28. The van der Waals surface area contributed by atoms with E-state index in [-0.39, 0.29) is 16.7 Å². The van der Waals surface area contributed by atoms with E-state index in [4.69, 9.17) is 5.14 Å². The van der Waals surface area contributed by atoms with E-state index in [2.05, 4.69) is 10.6 Å². The molecule has 1 aromatic rings. The quantitative estimate of drug-likeness (QED) is 0.652. The van der Waals surface area contributed by atoms with Crippen LogP contribution in [0.2, 0.25) is 0 Å². The van der Waals surface area contributed by atoms with Crippen LogP contribution in [0, 0.1) is 5.92 Å². The molecule has 1 aliphatic carbocycles. The zero-order valence-corrected chi connectivity index (χ0v) is 11.2. The fourth-order valence-corrected chi connectivity index (χ4v) is 2.45. The minimum absolute atomic E-state index is 0.0588. The molecule has 0 unspecified atom stereocenters. The lowest BCUT2D eigenvalue weighted by Gasteiger charge is -2.11. The van der Waals surface area contributed by atoms with Crippen LogP contribution < -0.4 is 15.8 Å². The Hall–Kier alpha value is -1.60. The second-order valence-electron chi connectivity index (χ2n) is 4.53. The third-order valence-corrected chi connectivity index (χ3v) is 3.85. The number of rotatable bonds is 6. The Morgan fingerprint density at radius 2 is 1.95 bits per heavy atom. The first-order chi connectivity index (χ1) is 8.98. The van der Waals surface area contributed by atoms with Crippen molar-refractivity contribution in [3.63, 3.8) is 0 Å². The van der Waals surface area contributed by atoms with Crippen molar-refractivity contribution in [2.45, 2.75) is 17.7 Å². The highest BCUT2D eigenvalue weighted by molar-refractivity contribution is 7.89. The monoisotopic (exact) mass is 283 g/mol. The smallest absolute Gasteiger partial charge is 0.240 e. The topological polar surface area (TPSA) is 101 Å². The summed E-state index contributed by atoms with van der Waals surface area (Å²) in [6.07, 6.45) is 1.93. The van der Waals surface area contributed by atoms with E-state index in [1.54, 1.807) is 18.2 Å². The molecule has 0 radical (unpaired) electrons. The maximum absolute atomic E-state index is 11.4. The van der Waals surface area contributed by atoms with Gasteiger partial charge in [0.05, 0.1) is 5.69 Å². The summed E-state index contributed by atoms with van der Waals surface area (Å²) in [6.45, 7) is 0.902. The number of anilines is 1. The minimum atomic E-state index is -3.74. The molecule has 0 atom stereocenters. The predicted octanol–water partition coefficient (Wildman–Crippen LogP) is 0.272. The Morgan fingerprint density at radius 1 is 1.26 bits per heavy atom. The number of primary sulfonamides is 1. The van der Waals surface area contributed by atoms with Gasteiger partial charge in [-0.25, -0.2) is 13.6 Å². The van der Waals surface area contributed by atoms with Gasteiger partial charge in [-0.2, -0.15) is 0 Å². The van der Waals surface area contributed by atoms with Gasteiger partial charge in [0.25, 0.3) is 0 Å². The number of sulfonamides is 1. The van der Waals surface area contributed by atoms with Gasteiger partial charge in [0.15, 0.2) is 0 Å². The van der Waals surface area contributed by atoms with Crippen LogP contribution >= 0.6 is 0 Å². The highest BCUT2D eigenvalue weighted by atomic mass is 32.2. The van der Waals surface area contributed by atoms with E-state index >= 15 is 0 Å².